The molecule has 0 bridgehead atoms. The fourth-order valence-corrected chi connectivity index (χ4v) is 4.03. The number of rotatable bonds is 8. The molecule has 2 aromatic carbocycles. The van der Waals surface area contributed by atoms with Crippen molar-refractivity contribution in [2.24, 2.45) is 0 Å². The minimum Gasteiger partial charge on any atom is -0.357 e. The number of halogens is 1. The monoisotopic (exact) mass is 429 g/mol. The predicted octanol–water partition coefficient (Wildman–Crippen LogP) is 4.31. The number of aromatic nitrogens is 2. The Hall–Kier alpha value is -3.20. The van der Waals surface area contributed by atoms with Crippen LogP contribution in [0.25, 0.3) is 0 Å². The van der Waals surface area contributed by atoms with Gasteiger partial charge in [-0.1, -0.05) is 6.07 Å². The lowest BCUT2D eigenvalue weighted by Crippen LogP contribution is -2.23. The molecule has 2 N–H and O–H groups in total. The van der Waals surface area contributed by atoms with E-state index in [2.05, 4.69) is 38.8 Å². The van der Waals surface area contributed by atoms with Gasteiger partial charge in [-0.3, -0.25) is 4.72 Å². The Morgan fingerprint density at radius 3 is 2.27 bits per heavy atom. The van der Waals surface area contributed by atoms with Gasteiger partial charge in [-0.05, 0) is 63.2 Å². The zero-order chi connectivity index (χ0) is 21.7. The molecule has 0 fully saturated rings. The Kier molecular flexibility index (Phi) is 6.51. The molecule has 0 amide bonds. The van der Waals surface area contributed by atoms with Crippen LogP contribution in [0.4, 0.5) is 27.4 Å². The molecule has 0 saturated heterocycles. The molecule has 3 aromatic rings. The first-order valence-electron chi connectivity index (χ1n) is 9.57. The van der Waals surface area contributed by atoms with E-state index < -0.39 is 15.8 Å². The molecule has 0 atom stereocenters. The van der Waals surface area contributed by atoms with E-state index in [1.807, 2.05) is 13.0 Å². The maximum Gasteiger partial charge on any atom is 0.261 e. The van der Waals surface area contributed by atoms with Crippen molar-refractivity contribution in [1.29, 1.82) is 0 Å². The molecule has 0 saturated carbocycles. The fraction of sp³-hybridized carbons (Fsp3) is 0.238. The highest BCUT2D eigenvalue weighted by molar-refractivity contribution is 7.92. The van der Waals surface area contributed by atoms with Gasteiger partial charge in [0, 0.05) is 30.5 Å². The molecule has 158 valence electrons. The Labute approximate surface area is 176 Å². The molecular weight excluding hydrogens is 405 g/mol. The number of hydrogen-bond acceptors (Lipinski definition) is 6. The first-order valence-corrected chi connectivity index (χ1v) is 11.0. The van der Waals surface area contributed by atoms with Crippen molar-refractivity contribution in [3.05, 3.63) is 66.2 Å². The molecule has 1 aromatic heterocycles. The number of sulfonamides is 1. The summed E-state index contributed by atoms with van der Waals surface area (Å²) in [6, 6.07) is 13.5. The normalized spacial score (nSPS) is 11.2. The van der Waals surface area contributed by atoms with Gasteiger partial charge in [0.05, 0.1) is 4.90 Å². The fourth-order valence-electron chi connectivity index (χ4n) is 2.94. The second-order valence-corrected chi connectivity index (χ2v) is 8.28. The van der Waals surface area contributed by atoms with Crippen molar-refractivity contribution in [3.8, 4) is 0 Å². The Bertz CT molecular complexity index is 1120. The maximum absolute atomic E-state index is 13.3. The number of anilines is 4. The highest BCUT2D eigenvalue weighted by Gasteiger charge is 2.15. The van der Waals surface area contributed by atoms with Crippen LogP contribution in [0.1, 0.15) is 19.7 Å². The van der Waals surface area contributed by atoms with Crippen LogP contribution in [0.3, 0.4) is 0 Å². The minimum absolute atomic E-state index is 0.134. The summed E-state index contributed by atoms with van der Waals surface area (Å²) < 4.78 is 40.6. The third-order valence-corrected chi connectivity index (χ3v) is 5.81. The summed E-state index contributed by atoms with van der Waals surface area (Å²) in [6.45, 7) is 7.65. The second-order valence-electron chi connectivity index (χ2n) is 6.60. The van der Waals surface area contributed by atoms with E-state index in [0.717, 1.165) is 30.7 Å². The standard InChI is InChI=1S/C21H24FN5O2S/c1-4-27(5-2)21-14-20(23-15(3)24-21)25-17-9-11-18(12-10-17)26-30(28,29)19-8-6-7-16(22)13-19/h6-14,26H,4-5H2,1-3H3,(H,23,24,25). The van der Waals surface area contributed by atoms with Gasteiger partial charge < -0.3 is 10.2 Å². The zero-order valence-corrected chi connectivity index (χ0v) is 17.9. The van der Waals surface area contributed by atoms with E-state index in [4.69, 9.17) is 0 Å². The maximum atomic E-state index is 13.3. The van der Waals surface area contributed by atoms with Gasteiger partial charge in [-0.15, -0.1) is 0 Å². The Morgan fingerprint density at radius 2 is 1.63 bits per heavy atom. The third-order valence-electron chi connectivity index (χ3n) is 4.43. The van der Waals surface area contributed by atoms with Gasteiger partial charge >= 0.3 is 0 Å². The van der Waals surface area contributed by atoms with E-state index in [1.54, 1.807) is 24.3 Å². The summed E-state index contributed by atoms with van der Waals surface area (Å²) in [6.07, 6.45) is 0. The van der Waals surface area contributed by atoms with Crippen LogP contribution in [0.5, 0.6) is 0 Å². The largest absolute Gasteiger partial charge is 0.357 e. The molecule has 30 heavy (non-hydrogen) atoms. The van der Waals surface area contributed by atoms with Gasteiger partial charge in [-0.25, -0.2) is 22.8 Å². The summed E-state index contributed by atoms with van der Waals surface area (Å²) in [4.78, 5) is 10.9. The van der Waals surface area contributed by atoms with Crippen LogP contribution >= 0.6 is 0 Å². The van der Waals surface area contributed by atoms with E-state index in [1.165, 1.54) is 18.2 Å². The Morgan fingerprint density at radius 1 is 0.967 bits per heavy atom. The van der Waals surface area contributed by atoms with Crippen LogP contribution in [0, 0.1) is 12.7 Å². The van der Waals surface area contributed by atoms with Gasteiger partial charge in [0.15, 0.2) is 0 Å². The first-order chi connectivity index (χ1) is 14.3. The molecule has 0 aliphatic rings. The molecule has 0 aliphatic carbocycles. The summed E-state index contributed by atoms with van der Waals surface area (Å²) in [5, 5.41) is 3.21. The molecule has 0 spiro atoms. The van der Waals surface area contributed by atoms with Crippen molar-refractivity contribution in [2.45, 2.75) is 25.7 Å². The van der Waals surface area contributed by atoms with E-state index in [0.29, 0.717) is 17.3 Å². The molecule has 7 nitrogen and oxygen atoms in total. The van der Waals surface area contributed by atoms with Crippen molar-refractivity contribution in [3.63, 3.8) is 0 Å². The van der Waals surface area contributed by atoms with Gasteiger partial charge in [0.2, 0.25) is 0 Å². The van der Waals surface area contributed by atoms with Gasteiger partial charge in [0.25, 0.3) is 10.0 Å². The highest BCUT2D eigenvalue weighted by Crippen LogP contribution is 2.23. The SMILES string of the molecule is CCN(CC)c1cc(Nc2ccc(NS(=O)(=O)c3cccc(F)c3)cc2)nc(C)n1. The lowest BCUT2D eigenvalue weighted by molar-refractivity contribution is 0.595. The van der Waals surface area contributed by atoms with Crippen LogP contribution < -0.4 is 14.9 Å². The summed E-state index contributed by atoms with van der Waals surface area (Å²) in [7, 11) is -3.87. The number of hydrogen-bond donors (Lipinski definition) is 2. The number of nitrogens with one attached hydrogen (secondary N) is 2. The quantitative estimate of drug-likeness (QED) is 0.555. The number of nitrogens with zero attached hydrogens (tertiary/aromatic N) is 3. The lowest BCUT2D eigenvalue weighted by Gasteiger charge is -2.20. The van der Waals surface area contributed by atoms with E-state index >= 15 is 0 Å². The lowest BCUT2D eigenvalue weighted by atomic mass is 10.3. The molecular formula is C21H24FN5O2S. The summed E-state index contributed by atoms with van der Waals surface area (Å²) >= 11 is 0. The van der Waals surface area contributed by atoms with Crippen molar-refractivity contribution >= 4 is 33.0 Å². The van der Waals surface area contributed by atoms with Crippen molar-refractivity contribution in [2.75, 3.05) is 28.0 Å². The van der Waals surface area contributed by atoms with Gasteiger partial charge in [0.1, 0.15) is 23.3 Å². The van der Waals surface area contributed by atoms with Crippen LogP contribution in [-0.2, 0) is 10.0 Å². The molecule has 3 rings (SSSR count). The smallest absolute Gasteiger partial charge is 0.261 e. The van der Waals surface area contributed by atoms with Gasteiger partial charge in [-0.2, -0.15) is 0 Å². The van der Waals surface area contributed by atoms with E-state index in [9.17, 15) is 12.8 Å². The third kappa shape index (κ3) is 5.24. The predicted molar refractivity (Wildman–Crippen MR) is 117 cm³/mol. The molecule has 0 radical (unpaired) electrons. The van der Waals surface area contributed by atoms with Crippen LogP contribution in [0.2, 0.25) is 0 Å². The van der Waals surface area contributed by atoms with Crippen molar-refractivity contribution < 1.29 is 12.8 Å². The number of aryl methyl sites for hydroxylation is 1. The average Bonchev–Trinajstić information content (AvgIpc) is 2.70. The zero-order valence-electron chi connectivity index (χ0n) is 17.1. The number of benzene rings is 2. The molecule has 0 aliphatic heterocycles. The summed E-state index contributed by atoms with van der Waals surface area (Å²) in [5.74, 6) is 1.54. The van der Waals surface area contributed by atoms with E-state index in [-0.39, 0.29) is 4.90 Å². The first kappa shape index (κ1) is 21.5. The van der Waals surface area contributed by atoms with Crippen LogP contribution in [0.15, 0.2) is 59.5 Å². The topological polar surface area (TPSA) is 87.2 Å². The Balaban J connectivity index is 1.75. The van der Waals surface area contributed by atoms with Crippen molar-refractivity contribution in [1.82, 2.24) is 9.97 Å². The molecule has 0 unspecified atom stereocenters. The average molecular weight is 430 g/mol. The highest BCUT2D eigenvalue weighted by atomic mass is 32.2. The molecule has 1 heterocycles. The molecule has 9 heteroatoms. The summed E-state index contributed by atoms with van der Waals surface area (Å²) in [5.41, 5.74) is 1.11. The minimum atomic E-state index is -3.87. The second kappa shape index (κ2) is 9.08. The van der Waals surface area contributed by atoms with Crippen LogP contribution in [-0.4, -0.2) is 31.5 Å².